The molecule has 200 valence electrons. The van der Waals surface area contributed by atoms with Gasteiger partial charge in [0.25, 0.3) is 0 Å². The lowest BCUT2D eigenvalue weighted by atomic mass is 9.96. The van der Waals surface area contributed by atoms with Crippen molar-refractivity contribution in [2.75, 3.05) is 24.4 Å². The number of aromatic nitrogens is 1. The zero-order valence-corrected chi connectivity index (χ0v) is 22.1. The highest BCUT2D eigenvalue weighted by atomic mass is 16.6. The van der Waals surface area contributed by atoms with E-state index in [0.29, 0.717) is 36.3 Å². The summed E-state index contributed by atoms with van der Waals surface area (Å²) in [5, 5.41) is 8.95. The van der Waals surface area contributed by atoms with Crippen molar-refractivity contribution in [1.29, 1.82) is 0 Å². The molecule has 0 aliphatic carbocycles. The van der Waals surface area contributed by atoms with E-state index < -0.39 is 23.8 Å². The maximum absolute atomic E-state index is 12.8. The molecule has 1 aliphatic heterocycles. The van der Waals surface area contributed by atoms with Crippen LogP contribution < -0.4 is 16.0 Å². The number of esters is 1. The van der Waals surface area contributed by atoms with Gasteiger partial charge in [-0.05, 0) is 70.4 Å². The molecule has 1 aromatic carbocycles. The van der Waals surface area contributed by atoms with Crippen molar-refractivity contribution < 1.29 is 28.6 Å². The molecule has 1 aromatic heterocycles. The van der Waals surface area contributed by atoms with Gasteiger partial charge in [0.2, 0.25) is 0 Å². The van der Waals surface area contributed by atoms with Crippen LogP contribution in [0.25, 0.3) is 11.1 Å². The number of carbonyl (C=O) groups is 3. The SMILES string of the molecule is CCOC(=O)[C@H]1CCCC[C@H](NC(=O)OC(C)(C)C)c2cc(ccn2)-c2ccc(NC(=O)OC)cc2N1. The van der Waals surface area contributed by atoms with Crippen LogP contribution in [0.15, 0.2) is 36.5 Å². The lowest BCUT2D eigenvalue weighted by molar-refractivity contribution is -0.144. The number of fused-ring (bicyclic) bond motifs is 4. The fourth-order valence-corrected chi connectivity index (χ4v) is 4.09. The van der Waals surface area contributed by atoms with E-state index in [4.69, 9.17) is 14.2 Å². The molecule has 2 amide bonds. The third-order valence-electron chi connectivity index (χ3n) is 5.73. The number of hydrogen-bond donors (Lipinski definition) is 3. The first-order valence-corrected chi connectivity index (χ1v) is 12.5. The Kier molecular flexibility index (Phi) is 9.32. The minimum absolute atomic E-state index is 0.267. The first-order chi connectivity index (χ1) is 17.6. The molecular weight excluding hydrogens is 476 g/mol. The molecule has 0 fully saturated rings. The van der Waals surface area contributed by atoms with Gasteiger partial charge in [0.05, 0.1) is 25.5 Å². The van der Waals surface area contributed by atoms with Gasteiger partial charge in [0.15, 0.2) is 0 Å². The van der Waals surface area contributed by atoms with Gasteiger partial charge in [-0.1, -0.05) is 18.9 Å². The first-order valence-electron chi connectivity index (χ1n) is 12.5. The van der Waals surface area contributed by atoms with E-state index in [1.165, 1.54) is 7.11 Å². The molecule has 0 saturated carbocycles. The lowest BCUT2D eigenvalue weighted by Crippen LogP contribution is -2.35. The van der Waals surface area contributed by atoms with E-state index >= 15 is 0 Å². The number of carbonyl (C=O) groups excluding carboxylic acids is 3. The second kappa shape index (κ2) is 12.4. The summed E-state index contributed by atoms with van der Waals surface area (Å²) in [6.07, 6.45) is 3.17. The Morgan fingerprint density at radius 1 is 1.08 bits per heavy atom. The average molecular weight is 513 g/mol. The Morgan fingerprint density at radius 3 is 2.54 bits per heavy atom. The Morgan fingerprint density at radius 2 is 1.84 bits per heavy atom. The van der Waals surface area contributed by atoms with Gasteiger partial charge >= 0.3 is 18.2 Å². The molecule has 2 atom stereocenters. The average Bonchev–Trinajstić information content (AvgIpc) is 2.83. The second-order valence-corrected chi connectivity index (χ2v) is 9.78. The predicted octanol–water partition coefficient (Wildman–Crippen LogP) is 5.41. The molecule has 10 heteroatoms. The van der Waals surface area contributed by atoms with Crippen molar-refractivity contribution in [3.05, 3.63) is 42.2 Å². The van der Waals surface area contributed by atoms with Crippen LogP contribution in [0.1, 0.15) is 65.1 Å². The number of benzene rings is 1. The maximum atomic E-state index is 12.8. The van der Waals surface area contributed by atoms with Crippen molar-refractivity contribution >= 4 is 29.5 Å². The van der Waals surface area contributed by atoms with Crippen molar-refractivity contribution in [3.8, 4) is 11.1 Å². The summed E-state index contributed by atoms with van der Waals surface area (Å²) in [6.45, 7) is 7.48. The highest BCUT2D eigenvalue weighted by Crippen LogP contribution is 2.34. The van der Waals surface area contributed by atoms with Crippen LogP contribution in [0.3, 0.4) is 0 Å². The quantitative estimate of drug-likeness (QED) is 0.366. The van der Waals surface area contributed by atoms with E-state index in [9.17, 15) is 14.4 Å². The molecule has 2 aromatic rings. The normalized spacial score (nSPS) is 17.5. The number of methoxy groups -OCH3 is 1. The summed E-state index contributed by atoms with van der Waals surface area (Å²) >= 11 is 0. The summed E-state index contributed by atoms with van der Waals surface area (Å²) < 4.78 is 15.5. The Bertz CT molecular complexity index is 1110. The summed E-state index contributed by atoms with van der Waals surface area (Å²) in [4.78, 5) is 41.7. The van der Waals surface area contributed by atoms with Crippen molar-refractivity contribution in [1.82, 2.24) is 10.3 Å². The van der Waals surface area contributed by atoms with Gasteiger partial charge in [0, 0.05) is 23.1 Å². The molecule has 10 nitrogen and oxygen atoms in total. The Labute approximate surface area is 217 Å². The highest BCUT2D eigenvalue weighted by molar-refractivity contribution is 5.90. The fraction of sp³-hybridized carbons (Fsp3) is 0.481. The molecule has 2 heterocycles. The molecule has 2 bridgehead atoms. The summed E-state index contributed by atoms with van der Waals surface area (Å²) in [6, 6.07) is 8.15. The minimum atomic E-state index is -0.627. The summed E-state index contributed by atoms with van der Waals surface area (Å²) in [7, 11) is 1.29. The third-order valence-corrected chi connectivity index (χ3v) is 5.73. The molecule has 1 aliphatic rings. The number of anilines is 2. The summed E-state index contributed by atoms with van der Waals surface area (Å²) in [5.41, 5.74) is 2.85. The Balaban J connectivity index is 2.03. The van der Waals surface area contributed by atoms with E-state index in [-0.39, 0.29) is 18.6 Å². The zero-order valence-electron chi connectivity index (χ0n) is 22.1. The van der Waals surface area contributed by atoms with Gasteiger partial charge in [-0.3, -0.25) is 10.3 Å². The van der Waals surface area contributed by atoms with Crippen LogP contribution in [-0.2, 0) is 19.0 Å². The lowest BCUT2D eigenvalue weighted by Gasteiger charge is -2.25. The maximum Gasteiger partial charge on any atom is 0.411 e. The number of nitrogens with zero attached hydrogens (tertiary/aromatic N) is 1. The number of pyridine rings is 1. The largest absolute Gasteiger partial charge is 0.464 e. The number of alkyl carbamates (subject to hydrolysis) is 1. The van der Waals surface area contributed by atoms with Gasteiger partial charge in [-0.25, -0.2) is 14.4 Å². The molecule has 3 N–H and O–H groups in total. The van der Waals surface area contributed by atoms with Crippen LogP contribution in [0.5, 0.6) is 0 Å². The molecule has 37 heavy (non-hydrogen) atoms. The number of rotatable bonds is 4. The molecule has 0 spiro atoms. The van der Waals surface area contributed by atoms with Crippen LogP contribution in [0, 0.1) is 0 Å². The number of ether oxygens (including phenoxy) is 3. The topological polar surface area (TPSA) is 128 Å². The molecule has 0 unspecified atom stereocenters. The van der Waals surface area contributed by atoms with Gasteiger partial charge < -0.3 is 24.8 Å². The standard InChI is InChI=1S/C27H36N4O6/c1-6-36-24(32)21-10-8-7-9-20(31-26(34)37-27(2,3)4)23-15-17(13-14-28-23)19-12-11-18(16-22(19)30-21)29-25(33)35-5/h11-16,20-21,30H,6-10H2,1-5H3,(H,29,33)(H,31,34)/t20-,21+/m0/s1. The molecule has 0 radical (unpaired) electrons. The fourth-order valence-electron chi connectivity index (χ4n) is 4.09. The van der Waals surface area contributed by atoms with Gasteiger partial charge in [-0.15, -0.1) is 0 Å². The predicted molar refractivity (Wildman–Crippen MR) is 140 cm³/mol. The summed E-state index contributed by atoms with van der Waals surface area (Å²) in [5.74, 6) is -0.351. The number of hydrogen-bond acceptors (Lipinski definition) is 8. The van der Waals surface area contributed by atoms with Crippen LogP contribution in [-0.4, -0.2) is 48.5 Å². The third kappa shape index (κ3) is 8.09. The Hall–Kier alpha value is -3.82. The van der Waals surface area contributed by atoms with E-state index in [1.54, 1.807) is 25.3 Å². The molecule has 0 saturated heterocycles. The minimum Gasteiger partial charge on any atom is -0.464 e. The van der Waals surface area contributed by atoms with Crippen molar-refractivity contribution in [2.45, 2.75) is 71.1 Å². The van der Waals surface area contributed by atoms with E-state index in [0.717, 1.165) is 17.5 Å². The smallest absolute Gasteiger partial charge is 0.411 e. The number of amides is 2. The number of nitrogens with one attached hydrogen (secondary N) is 3. The second-order valence-electron chi connectivity index (χ2n) is 9.78. The first kappa shape index (κ1) is 27.8. The monoisotopic (exact) mass is 512 g/mol. The molecule has 3 rings (SSSR count). The van der Waals surface area contributed by atoms with Crippen LogP contribution >= 0.6 is 0 Å². The van der Waals surface area contributed by atoms with Crippen LogP contribution in [0.2, 0.25) is 0 Å². The van der Waals surface area contributed by atoms with E-state index in [2.05, 4.69) is 20.9 Å². The zero-order chi connectivity index (χ0) is 27.0. The van der Waals surface area contributed by atoms with Crippen molar-refractivity contribution in [2.24, 2.45) is 0 Å². The highest BCUT2D eigenvalue weighted by Gasteiger charge is 2.25. The van der Waals surface area contributed by atoms with Crippen LogP contribution in [0.4, 0.5) is 21.0 Å². The van der Waals surface area contributed by atoms with Gasteiger partial charge in [-0.2, -0.15) is 0 Å². The molecular formula is C27H36N4O6. The van der Waals surface area contributed by atoms with E-state index in [1.807, 2.05) is 39.0 Å². The van der Waals surface area contributed by atoms with Crippen molar-refractivity contribution in [3.63, 3.8) is 0 Å². The van der Waals surface area contributed by atoms with Gasteiger partial charge in [0.1, 0.15) is 11.6 Å².